The molecule has 0 unspecified atom stereocenters. The molecule has 5 nitrogen and oxygen atoms in total. The van der Waals surface area contributed by atoms with E-state index >= 15 is 0 Å². The van der Waals surface area contributed by atoms with Crippen LogP contribution in [0.25, 0.3) is 10.8 Å². The van der Waals surface area contributed by atoms with Gasteiger partial charge in [-0.05, 0) is 37.4 Å². The van der Waals surface area contributed by atoms with Crippen molar-refractivity contribution in [3.8, 4) is 11.8 Å². The van der Waals surface area contributed by atoms with Gasteiger partial charge in [0, 0.05) is 35.8 Å². The number of benzene rings is 2. The molecule has 31 heavy (non-hydrogen) atoms. The first kappa shape index (κ1) is 27.0. The number of nitrogens with one attached hydrogen (secondary N) is 1. The molecule has 0 aliphatic rings. The molecule has 0 amide bonds. The number of ether oxygens (including phenoxy) is 1. The zero-order valence-corrected chi connectivity index (χ0v) is 19.7. The van der Waals surface area contributed by atoms with Crippen LogP contribution in [0.1, 0.15) is 25.1 Å². The minimum absolute atomic E-state index is 0. The monoisotopic (exact) mass is 481 g/mol. The van der Waals surface area contributed by atoms with Gasteiger partial charge in [-0.25, -0.2) is 0 Å². The van der Waals surface area contributed by atoms with Crippen molar-refractivity contribution < 1.29 is 9.84 Å². The van der Waals surface area contributed by atoms with E-state index in [0.29, 0.717) is 17.3 Å². The van der Waals surface area contributed by atoms with Crippen molar-refractivity contribution in [2.45, 2.75) is 31.9 Å². The number of pyridine rings is 1. The fourth-order valence-corrected chi connectivity index (χ4v) is 3.32. The maximum Gasteiger partial charge on any atom is 0.138 e. The number of fused-ring (bicyclic) bond motifs is 1. The summed E-state index contributed by atoms with van der Waals surface area (Å²) in [5.74, 6) is 0.374. The molecule has 166 valence electrons. The van der Waals surface area contributed by atoms with E-state index in [1.54, 1.807) is 18.2 Å². The van der Waals surface area contributed by atoms with Gasteiger partial charge in [-0.15, -0.1) is 24.8 Å². The van der Waals surface area contributed by atoms with Gasteiger partial charge in [-0.1, -0.05) is 41.9 Å². The number of β-amino-alcohol motifs (C(OH)–C–C–N with tert-alkyl or cyclic N) is 1. The second-order valence-corrected chi connectivity index (χ2v) is 8.06. The number of aromatic nitrogens is 1. The SMILES string of the molecule is CC(C)(Cc1cc2ccccc2cn1)NC[C@@H](O)COc1cccc(Cl)c1C#N.Cl.Cl. The summed E-state index contributed by atoms with van der Waals surface area (Å²) in [6, 6.07) is 17.3. The Balaban J connectivity index is 0.00000240. The summed E-state index contributed by atoms with van der Waals surface area (Å²) in [6.45, 7) is 4.56. The Morgan fingerprint density at radius 2 is 1.87 bits per heavy atom. The molecule has 0 radical (unpaired) electrons. The van der Waals surface area contributed by atoms with Crippen LogP contribution in [0, 0.1) is 11.3 Å². The second kappa shape index (κ2) is 12.1. The first-order valence-electron chi connectivity index (χ1n) is 9.46. The van der Waals surface area contributed by atoms with Crippen molar-refractivity contribution in [1.82, 2.24) is 10.3 Å². The van der Waals surface area contributed by atoms with E-state index in [0.717, 1.165) is 22.9 Å². The third-order valence-corrected chi connectivity index (χ3v) is 4.96. The Labute approximate surface area is 200 Å². The van der Waals surface area contributed by atoms with Crippen molar-refractivity contribution in [3.05, 3.63) is 71.0 Å². The van der Waals surface area contributed by atoms with Crippen LogP contribution in [0.15, 0.2) is 54.7 Å². The van der Waals surface area contributed by atoms with Crippen molar-refractivity contribution in [2.75, 3.05) is 13.2 Å². The topological polar surface area (TPSA) is 78.2 Å². The molecule has 1 atom stereocenters. The second-order valence-electron chi connectivity index (χ2n) is 7.65. The standard InChI is InChI=1S/C23H24ClN3O2.2ClH/c1-23(2,11-18-10-16-6-3-4-7-17(16)13-26-18)27-14-19(28)15-29-22-9-5-8-21(24)20(22)12-25;;/h3-10,13,19,27-28H,11,14-15H2,1-2H3;2*1H/t19-;;/m1../s1. The average molecular weight is 483 g/mol. The van der Waals surface area contributed by atoms with E-state index in [2.05, 4.69) is 36.3 Å². The lowest BCUT2D eigenvalue weighted by atomic mass is 9.97. The highest BCUT2D eigenvalue weighted by molar-refractivity contribution is 6.31. The third kappa shape index (κ3) is 7.53. The Kier molecular flexibility index (Phi) is 10.5. The third-order valence-electron chi connectivity index (χ3n) is 4.65. The van der Waals surface area contributed by atoms with Gasteiger partial charge in [-0.2, -0.15) is 5.26 Å². The van der Waals surface area contributed by atoms with Gasteiger partial charge in [0.25, 0.3) is 0 Å². The fourth-order valence-electron chi connectivity index (χ4n) is 3.11. The van der Waals surface area contributed by atoms with Crippen molar-refractivity contribution in [1.29, 1.82) is 5.26 Å². The van der Waals surface area contributed by atoms with Gasteiger partial charge in [0.1, 0.15) is 30.1 Å². The number of aliphatic hydroxyl groups excluding tert-OH is 1. The quantitative estimate of drug-likeness (QED) is 0.475. The maximum atomic E-state index is 10.3. The molecule has 1 heterocycles. The largest absolute Gasteiger partial charge is 0.489 e. The number of nitrogens with zero attached hydrogens (tertiary/aromatic N) is 2. The van der Waals surface area contributed by atoms with E-state index < -0.39 is 6.10 Å². The minimum atomic E-state index is -0.732. The molecule has 0 saturated heterocycles. The predicted molar refractivity (Wildman–Crippen MR) is 130 cm³/mol. The van der Waals surface area contributed by atoms with Crippen molar-refractivity contribution >= 4 is 47.2 Å². The highest BCUT2D eigenvalue weighted by Gasteiger charge is 2.20. The normalized spacial score (nSPS) is 11.7. The number of nitriles is 1. The van der Waals surface area contributed by atoms with Crippen LogP contribution in [0.2, 0.25) is 5.02 Å². The van der Waals surface area contributed by atoms with Crippen molar-refractivity contribution in [3.63, 3.8) is 0 Å². The van der Waals surface area contributed by atoms with Gasteiger partial charge in [0.05, 0.1) is 5.02 Å². The summed E-state index contributed by atoms with van der Waals surface area (Å²) in [6.07, 6.45) is 1.88. The number of hydrogen-bond acceptors (Lipinski definition) is 5. The summed E-state index contributed by atoms with van der Waals surface area (Å²) in [5.41, 5.74) is 1.01. The minimum Gasteiger partial charge on any atom is -0.489 e. The summed E-state index contributed by atoms with van der Waals surface area (Å²) >= 11 is 6.00. The molecule has 3 rings (SSSR count). The first-order valence-corrected chi connectivity index (χ1v) is 9.84. The smallest absolute Gasteiger partial charge is 0.138 e. The van der Waals surface area contributed by atoms with Crippen molar-refractivity contribution in [2.24, 2.45) is 0 Å². The molecule has 1 aromatic heterocycles. The summed E-state index contributed by atoms with van der Waals surface area (Å²) in [5, 5.41) is 25.5. The predicted octanol–water partition coefficient (Wildman–Crippen LogP) is 4.95. The van der Waals surface area contributed by atoms with Gasteiger partial charge in [0.15, 0.2) is 0 Å². The fraction of sp³-hybridized carbons (Fsp3) is 0.304. The summed E-state index contributed by atoms with van der Waals surface area (Å²) in [4.78, 5) is 4.55. The lowest BCUT2D eigenvalue weighted by molar-refractivity contribution is 0.0986. The molecule has 0 saturated carbocycles. The number of rotatable bonds is 8. The van der Waals surface area contributed by atoms with Crippen LogP contribution in [-0.2, 0) is 6.42 Å². The van der Waals surface area contributed by atoms with E-state index in [1.165, 1.54) is 0 Å². The summed E-state index contributed by atoms with van der Waals surface area (Å²) < 4.78 is 5.59. The molecule has 3 aromatic rings. The Bertz CT molecular complexity index is 1040. The average Bonchev–Trinajstić information content (AvgIpc) is 2.70. The van der Waals surface area contributed by atoms with Crippen LogP contribution in [0.4, 0.5) is 0 Å². The number of halogens is 3. The molecule has 0 aliphatic heterocycles. The lowest BCUT2D eigenvalue weighted by Gasteiger charge is -2.27. The van der Waals surface area contributed by atoms with Crippen LogP contribution in [0.3, 0.4) is 0 Å². The molecule has 0 aliphatic carbocycles. The van der Waals surface area contributed by atoms with E-state index in [-0.39, 0.29) is 42.5 Å². The van der Waals surface area contributed by atoms with Gasteiger partial charge in [0.2, 0.25) is 0 Å². The van der Waals surface area contributed by atoms with E-state index in [1.807, 2.05) is 30.5 Å². The molecule has 0 fully saturated rings. The zero-order valence-electron chi connectivity index (χ0n) is 17.3. The Hall–Kier alpha value is -2.07. The van der Waals surface area contributed by atoms with Crippen LogP contribution in [0.5, 0.6) is 5.75 Å². The molecule has 0 spiro atoms. The van der Waals surface area contributed by atoms with Gasteiger partial charge in [-0.3, -0.25) is 4.98 Å². The molecule has 2 aromatic carbocycles. The highest BCUT2D eigenvalue weighted by atomic mass is 35.5. The Morgan fingerprint density at radius 1 is 1.16 bits per heavy atom. The molecule has 2 N–H and O–H groups in total. The molecular weight excluding hydrogens is 457 g/mol. The van der Waals surface area contributed by atoms with Crippen LogP contribution in [-0.4, -0.2) is 34.9 Å². The molecular formula is C23H26Cl3N3O2. The lowest BCUT2D eigenvalue weighted by Crippen LogP contribution is -2.46. The van der Waals surface area contributed by atoms with Crippen LogP contribution >= 0.6 is 36.4 Å². The summed E-state index contributed by atoms with van der Waals surface area (Å²) in [7, 11) is 0. The van der Waals surface area contributed by atoms with Gasteiger partial charge < -0.3 is 15.2 Å². The number of hydrogen-bond donors (Lipinski definition) is 2. The Morgan fingerprint density at radius 3 is 2.58 bits per heavy atom. The number of aliphatic hydroxyl groups is 1. The molecule has 0 bridgehead atoms. The van der Waals surface area contributed by atoms with E-state index in [4.69, 9.17) is 16.3 Å². The maximum absolute atomic E-state index is 10.3. The van der Waals surface area contributed by atoms with Crippen LogP contribution < -0.4 is 10.1 Å². The zero-order chi connectivity index (χ0) is 20.9. The van der Waals surface area contributed by atoms with E-state index in [9.17, 15) is 10.4 Å². The molecule has 8 heteroatoms. The van der Waals surface area contributed by atoms with Gasteiger partial charge >= 0.3 is 0 Å². The highest BCUT2D eigenvalue weighted by Crippen LogP contribution is 2.25. The first-order chi connectivity index (χ1) is 13.9.